The first-order valence-electron chi connectivity index (χ1n) is 6.01. The highest BCUT2D eigenvalue weighted by molar-refractivity contribution is 7.17. The quantitative estimate of drug-likeness (QED) is 0.739. The molecule has 18 heavy (non-hydrogen) atoms. The molecule has 0 aliphatic rings. The van der Waals surface area contributed by atoms with Crippen LogP contribution in [0.1, 0.15) is 29.0 Å². The van der Waals surface area contributed by atoms with Crippen LogP contribution in [0, 0.1) is 0 Å². The van der Waals surface area contributed by atoms with Crippen molar-refractivity contribution < 1.29 is 5.11 Å². The molecule has 0 aliphatic heterocycles. The third-order valence-electron chi connectivity index (χ3n) is 3.22. The van der Waals surface area contributed by atoms with Crippen molar-refractivity contribution in [3.63, 3.8) is 0 Å². The number of fused-ring (bicyclic) bond motifs is 1. The predicted octanol–water partition coefficient (Wildman–Crippen LogP) is 4.61. The molecular weight excluding hydrogens is 260 g/mol. The molecule has 3 aromatic rings. The second-order valence-corrected chi connectivity index (χ2v) is 6.11. The predicted molar refractivity (Wildman–Crippen MR) is 79.6 cm³/mol. The first kappa shape index (κ1) is 11.9. The standard InChI is InChI=1S/C15H14OS2/c1-2-10-7-8-17-15(10)14(16)12-9-18-13-6-4-3-5-11(12)13/h3-9,14,16H,2H2,1H3. The van der Waals surface area contributed by atoms with E-state index in [-0.39, 0.29) is 0 Å². The molecule has 1 N–H and O–H groups in total. The van der Waals surface area contributed by atoms with Crippen LogP contribution in [0.5, 0.6) is 0 Å². The SMILES string of the molecule is CCc1ccsc1C(O)c1csc2ccccc12. The number of aryl methyl sites for hydroxylation is 1. The van der Waals surface area contributed by atoms with Gasteiger partial charge >= 0.3 is 0 Å². The number of hydrogen-bond acceptors (Lipinski definition) is 3. The molecule has 0 radical (unpaired) electrons. The van der Waals surface area contributed by atoms with E-state index in [4.69, 9.17) is 0 Å². The van der Waals surface area contributed by atoms with E-state index in [2.05, 4.69) is 35.9 Å². The van der Waals surface area contributed by atoms with Crippen LogP contribution in [0.2, 0.25) is 0 Å². The number of aliphatic hydroxyl groups is 1. The Bertz CT molecular complexity index is 666. The van der Waals surface area contributed by atoms with Crippen LogP contribution in [0.15, 0.2) is 41.1 Å². The summed E-state index contributed by atoms with van der Waals surface area (Å²) in [4.78, 5) is 1.08. The van der Waals surface area contributed by atoms with Gasteiger partial charge in [0.05, 0.1) is 0 Å². The highest BCUT2D eigenvalue weighted by Gasteiger charge is 2.18. The third kappa shape index (κ3) is 1.88. The van der Waals surface area contributed by atoms with Gasteiger partial charge in [0.2, 0.25) is 0 Å². The largest absolute Gasteiger partial charge is 0.383 e. The molecular formula is C15H14OS2. The fraction of sp³-hybridized carbons (Fsp3) is 0.200. The van der Waals surface area contributed by atoms with E-state index in [0.717, 1.165) is 16.9 Å². The lowest BCUT2D eigenvalue weighted by atomic mass is 10.0. The Kier molecular flexibility index (Phi) is 3.20. The van der Waals surface area contributed by atoms with Gasteiger partial charge in [-0.1, -0.05) is 25.1 Å². The zero-order chi connectivity index (χ0) is 12.5. The molecule has 3 heteroatoms. The summed E-state index contributed by atoms with van der Waals surface area (Å²) in [5, 5.41) is 15.9. The summed E-state index contributed by atoms with van der Waals surface area (Å²) in [5.41, 5.74) is 2.29. The van der Waals surface area contributed by atoms with E-state index in [9.17, 15) is 5.11 Å². The molecule has 0 bridgehead atoms. The van der Waals surface area contributed by atoms with E-state index < -0.39 is 6.10 Å². The van der Waals surface area contributed by atoms with Gasteiger partial charge in [0.25, 0.3) is 0 Å². The highest BCUT2D eigenvalue weighted by atomic mass is 32.1. The van der Waals surface area contributed by atoms with Gasteiger partial charge in [-0.25, -0.2) is 0 Å². The van der Waals surface area contributed by atoms with E-state index in [1.54, 1.807) is 22.7 Å². The minimum Gasteiger partial charge on any atom is -0.383 e. The third-order valence-corrected chi connectivity index (χ3v) is 5.21. The molecule has 2 heterocycles. The number of thiophene rings is 2. The molecule has 0 aliphatic carbocycles. The van der Waals surface area contributed by atoms with Gasteiger partial charge in [-0.05, 0) is 40.3 Å². The van der Waals surface area contributed by atoms with Gasteiger partial charge in [-0.3, -0.25) is 0 Å². The summed E-state index contributed by atoms with van der Waals surface area (Å²) >= 11 is 3.34. The Balaban J connectivity index is 2.09. The summed E-state index contributed by atoms with van der Waals surface area (Å²) < 4.78 is 1.24. The first-order chi connectivity index (χ1) is 8.81. The van der Waals surface area contributed by atoms with Crippen molar-refractivity contribution in [2.75, 3.05) is 0 Å². The van der Waals surface area contributed by atoms with Crippen LogP contribution in [0.3, 0.4) is 0 Å². The smallest absolute Gasteiger partial charge is 0.115 e. The molecule has 92 valence electrons. The van der Waals surface area contributed by atoms with Crippen LogP contribution >= 0.6 is 22.7 Å². The van der Waals surface area contributed by atoms with Gasteiger partial charge in [0.1, 0.15) is 6.10 Å². The lowest BCUT2D eigenvalue weighted by Crippen LogP contribution is -1.98. The van der Waals surface area contributed by atoms with E-state index in [0.29, 0.717) is 0 Å². The van der Waals surface area contributed by atoms with Crippen molar-refractivity contribution in [3.05, 3.63) is 57.1 Å². The molecule has 1 nitrogen and oxygen atoms in total. The number of rotatable bonds is 3. The molecule has 1 aromatic carbocycles. The van der Waals surface area contributed by atoms with Gasteiger partial charge in [0.15, 0.2) is 0 Å². The zero-order valence-corrected chi connectivity index (χ0v) is 11.7. The lowest BCUT2D eigenvalue weighted by molar-refractivity contribution is 0.225. The molecule has 1 unspecified atom stereocenters. The lowest BCUT2D eigenvalue weighted by Gasteiger charge is -2.10. The fourth-order valence-electron chi connectivity index (χ4n) is 2.23. The van der Waals surface area contributed by atoms with Gasteiger partial charge in [-0.2, -0.15) is 0 Å². The molecule has 0 fully saturated rings. The Morgan fingerprint density at radius 3 is 2.83 bits per heavy atom. The maximum absolute atomic E-state index is 10.6. The molecule has 0 saturated heterocycles. The van der Waals surface area contributed by atoms with Crippen LogP contribution in [0.4, 0.5) is 0 Å². The second-order valence-electron chi connectivity index (χ2n) is 4.25. The van der Waals surface area contributed by atoms with Crippen molar-refractivity contribution in [3.8, 4) is 0 Å². The normalized spacial score (nSPS) is 13.0. The summed E-state index contributed by atoms with van der Waals surface area (Å²) in [6.45, 7) is 2.13. The number of hydrogen-bond donors (Lipinski definition) is 1. The van der Waals surface area contributed by atoms with Gasteiger partial charge in [-0.15, -0.1) is 22.7 Å². The van der Waals surface area contributed by atoms with E-state index >= 15 is 0 Å². The molecule has 3 rings (SSSR count). The molecule has 1 atom stereocenters. The van der Waals surface area contributed by atoms with Crippen molar-refractivity contribution >= 4 is 32.8 Å². The number of aliphatic hydroxyl groups excluding tert-OH is 1. The molecule has 0 amide bonds. The van der Waals surface area contributed by atoms with Gasteiger partial charge in [0, 0.05) is 15.1 Å². The Hall–Kier alpha value is -1.16. The summed E-state index contributed by atoms with van der Waals surface area (Å²) in [6.07, 6.45) is 0.480. The summed E-state index contributed by atoms with van der Waals surface area (Å²) in [7, 11) is 0. The average molecular weight is 274 g/mol. The van der Waals surface area contributed by atoms with Crippen molar-refractivity contribution in [1.29, 1.82) is 0 Å². The minimum absolute atomic E-state index is 0.490. The maximum atomic E-state index is 10.6. The van der Waals surface area contributed by atoms with Crippen LogP contribution in [-0.4, -0.2) is 5.11 Å². The Morgan fingerprint density at radius 1 is 1.17 bits per heavy atom. The zero-order valence-electron chi connectivity index (χ0n) is 10.1. The Morgan fingerprint density at radius 2 is 2.00 bits per heavy atom. The van der Waals surface area contributed by atoms with Crippen LogP contribution < -0.4 is 0 Å². The van der Waals surface area contributed by atoms with Crippen molar-refractivity contribution in [2.45, 2.75) is 19.4 Å². The van der Waals surface area contributed by atoms with Crippen LogP contribution in [-0.2, 0) is 6.42 Å². The molecule has 0 spiro atoms. The topological polar surface area (TPSA) is 20.2 Å². The first-order valence-corrected chi connectivity index (χ1v) is 7.77. The van der Waals surface area contributed by atoms with Crippen molar-refractivity contribution in [1.82, 2.24) is 0 Å². The minimum atomic E-state index is -0.490. The fourth-order valence-corrected chi connectivity index (χ4v) is 4.21. The van der Waals surface area contributed by atoms with Crippen LogP contribution in [0.25, 0.3) is 10.1 Å². The summed E-state index contributed by atoms with van der Waals surface area (Å²) in [6, 6.07) is 10.4. The maximum Gasteiger partial charge on any atom is 0.115 e. The van der Waals surface area contributed by atoms with E-state index in [1.165, 1.54) is 15.6 Å². The van der Waals surface area contributed by atoms with Gasteiger partial charge < -0.3 is 5.11 Å². The summed E-state index contributed by atoms with van der Waals surface area (Å²) in [5.74, 6) is 0. The average Bonchev–Trinajstić information content (AvgIpc) is 3.04. The number of benzene rings is 1. The molecule has 0 saturated carbocycles. The Labute approximate surface area is 114 Å². The second kappa shape index (κ2) is 4.84. The van der Waals surface area contributed by atoms with Crippen molar-refractivity contribution in [2.24, 2.45) is 0 Å². The monoisotopic (exact) mass is 274 g/mol. The molecule has 2 aromatic heterocycles. The highest BCUT2D eigenvalue weighted by Crippen LogP contribution is 2.36. The van der Waals surface area contributed by atoms with E-state index in [1.807, 2.05) is 12.1 Å².